The minimum atomic E-state index is -0.210. The normalized spacial score (nSPS) is 10.5. The van der Waals surface area contributed by atoms with Gasteiger partial charge in [0.25, 0.3) is 5.91 Å². The molecule has 0 saturated heterocycles. The third-order valence-electron chi connectivity index (χ3n) is 3.67. The molecule has 0 radical (unpaired) electrons. The predicted octanol–water partition coefficient (Wildman–Crippen LogP) is 3.20. The Bertz CT molecular complexity index is 821. The van der Waals surface area contributed by atoms with Crippen molar-refractivity contribution in [3.8, 4) is 0 Å². The van der Waals surface area contributed by atoms with Gasteiger partial charge in [-0.1, -0.05) is 42.0 Å². The molecule has 5 heteroatoms. The zero-order valence-corrected chi connectivity index (χ0v) is 13.2. The van der Waals surface area contributed by atoms with Crippen molar-refractivity contribution in [2.75, 3.05) is 5.32 Å². The van der Waals surface area contributed by atoms with Gasteiger partial charge in [0, 0.05) is 5.56 Å². The zero-order valence-electron chi connectivity index (χ0n) is 13.2. The smallest absolute Gasteiger partial charge is 0.258 e. The molecule has 1 amide bonds. The van der Waals surface area contributed by atoms with Crippen molar-refractivity contribution in [1.29, 1.82) is 0 Å². The maximum atomic E-state index is 12.1. The third-order valence-corrected chi connectivity index (χ3v) is 3.67. The second kappa shape index (κ2) is 6.44. The highest BCUT2D eigenvalue weighted by Crippen LogP contribution is 2.10. The van der Waals surface area contributed by atoms with Crippen LogP contribution in [0.1, 0.15) is 27.0 Å². The number of anilines is 1. The van der Waals surface area contributed by atoms with E-state index in [2.05, 4.69) is 34.5 Å². The summed E-state index contributed by atoms with van der Waals surface area (Å²) >= 11 is 0. The van der Waals surface area contributed by atoms with Gasteiger partial charge in [0.05, 0.1) is 6.54 Å². The lowest BCUT2D eigenvalue weighted by molar-refractivity contribution is 0.102. The van der Waals surface area contributed by atoms with Crippen LogP contribution in [0.3, 0.4) is 0 Å². The summed E-state index contributed by atoms with van der Waals surface area (Å²) in [5.74, 6) is 0.0998. The number of rotatable bonds is 4. The zero-order chi connectivity index (χ0) is 16.2. The molecule has 0 spiro atoms. The van der Waals surface area contributed by atoms with Crippen LogP contribution in [-0.2, 0) is 6.54 Å². The van der Waals surface area contributed by atoms with Crippen LogP contribution >= 0.6 is 0 Å². The summed E-state index contributed by atoms with van der Waals surface area (Å²) in [6.45, 7) is 4.67. The standard InChI is InChI=1S/C18H18N4O/c1-13-7-9-15(10-8-13)17(23)20-18-19-12-22(21-18)11-16-6-4-3-5-14(16)2/h3-10,12H,11H2,1-2H3,(H,20,21,23). The maximum Gasteiger partial charge on any atom is 0.258 e. The van der Waals surface area contributed by atoms with E-state index < -0.39 is 0 Å². The van der Waals surface area contributed by atoms with Crippen molar-refractivity contribution in [2.45, 2.75) is 20.4 Å². The Kier molecular flexibility index (Phi) is 4.19. The van der Waals surface area contributed by atoms with Crippen LogP contribution in [-0.4, -0.2) is 20.7 Å². The molecule has 3 rings (SSSR count). The van der Waals surface area contributed by atoms with E-state index in [0.29, 0.717) is 18.1 Å². The van der Waals surface area contributed by atoms with Crippen molar-refractivity contribution in [3.63, 3.8) is 0 Å². The number of nitrogens with one attached hydrogen (secondary N) is 1. The number of carbonyl (C=O) groups excluding carboxylic acids is 1. The number of aromatic nitrogens is 3. The molecule has 116 valence electrons. The van der Waals surface area contributed by atoms with E-state index in [-0.39, 0.29) is 5.91 Å². The SMILES string of the molecule is Cc1ccc(C(=O)Nc2ncn(Cc3ccccc3C)n2)cc1. The first-order chi connectivity index (χ1) is 11.1. The molecule has 2 aromatic carbocycles. The summed E-state index contributed by atoms with van der Waals surface area (Å²) < 4.78 is 1.72. The van der Waals surface area contributed by atoms with E-state index in [1.165, 1.54) is 11.1 Å². The third kappa shape index (κ3) is 3.63. The Morgan fingerprint density at radius 2 is 1.83 bits per heavy atom. The first-order valence-electron chi connectivity index (χ1n) is 7.44. The summed E-state index contributed by atoms with van der Waals surface area (Å²) in [4.78, 5) is 16.3. The van der Waals surface area contributed by atoms with Crippen LogP contribution in [0.2, 0.25) is 0 Å². The molecule has 3 aromatic rings. The first-order valence-corrected chi connectivity index (χ1v) is 7.44. The molecule has 0 fully saturated rings. The van der Waals surface area contributed by atoms with Gasteiger partial charge in [-0.25, -0.2) is 9.67 Å². The molecule has 0 aliphatic rings. The molecule has 0 aliphatic heterocycles. The number of hydrogen-bond donors (Lipinski definition) is 1. The fourth-order valence-electron chi connectivity index (χ4n) is 2.27. The molecule has 0 atom stereocenters. The van der Waals surface area contributed by atoms with E-state index >= 15 is 0 Å². The van der Waals surface area contributed by atoms with Crippen LogP contribution in [0.15, 0.2) is 54.9 Å². The number of benzene rings is 2. The molecule has 1 aromatic heterocycles. The van der Waals surface area contributed by atoms with Crippen molar-refractivity contribution in [1.82, 2.24) is 14.8 Å². The average Bonchev–Trinajstić information content (AvgIpc) is 2.97. The molecular weight excluding hydrogens is 288 g/mol. The summed E-state index contributed by atoms with van der Waals surface area (Å²) in [6.07, 6.45) is 1.62. The number of aryl methyl sites for hydroxylation is 2. The Labute approximate surface area is 135 Å². The quantitative estimate of drug-likeness (QED) is 0.805. The molecule has 5 nitrogen and oxygen atoms in total. The lowest BCUT2D eigenvalue weighted by atomic mass is 10.1. The first kappa shape index (κ1) is 15.0. The molecule has 23 heavy (non-hydrogen) atoms. The highest BCUT2D eigenvalue weighted by Gasteiger charge is 2.09. The number of hydrogen-bond acceptors (Lipinski definition) is 3. The summed E-state index contributed by atoms with van der Waals surface area (Å²) in [7, 11) is 0. The van der Waals surface area contributed by atoms with Gasteiger partial charge < -0.3 is 0 Å². The monoisotopic (exact) mass is 306 g/mol. The number of amides is 1. The fraction of sp³-hybridized carbons (Fsp3) is 0.167. The van der Waals surface area contributed by atoms with Gasteiger partial charge in [-0.3, -0.25) is 10.1 Å². The van der Waals surface area contributed by atoms with Crippen molar-refractivity contribution in [3.05, 3.63) is 77.1 Å². The summed E-state index contributed by atoms with van der Waals surface area (Å²) in [6, 6.07) is 15.5. The maximum absolute atomic E-state index is 12.1. The minimum Gasteiger partial charge on any atom is -0.289 e. The molecule has 1 heterocycles. The summed E-state index contributed by atoms with van der Waals surface area (Å²) in [5.41, 5.74) is 4.08. The van der Waals surface area contributed by atoms with E-state index in [0.717, 1.165) is 5.56 Å². The number of nitrogens with zero attached hydrogens (tertiary/aromatic N) is 3. The van der Waals surface area contributed by atoms with Gasteiger partial charge in [-0.15, -0.1) is 5.10 Å². The molecule has 0 saturated carbocycles. The Morgan fingerprint density at radius 1 is 1.09 bits per heavy atom. The predicted molar refractivity (Wildman–Crippen MR) is 89.4 cm³/mol. The second-order valence-electron chi connectivity index (χ2n) is 5.51. The van der Waals surface area contributed by atoms with Crippen LogP contribution in [0.4, 0.5) is 5.95 Å². The lowest BCUT2D eigenvalue weighted by Crippen LogP contribution is -2.13. The average molecular weight is 306 g/mol. The van der Waals surface area contributed by atoms with Gasteiger partial charge in [0.15, 0.2) is 0 Å². The lowest BCUT2D eigenvalue weighted by Gasteiger charge is -2.04. The van der Waals surface area contributed by atoms with Crippen LogP contribution in [0, 0.1) is 13.8 Å². The molecular formula is C18H18N4O. The van der Waals surface area contributed by atoms with E-state index in [1.54, 1.807) is 23.1 Å². The Hall–Kier alpha value is -2.95. The molecule has 1 N–H and O–H groups in total. The van der Waals surface area contributed by atoms with E-state index in [9.17, 15) is 4.79 Å². The van der Waals surface area contributed by atoms with Gasteiger partial charge in [0.2, 0.25) is 5.95 Å². The fourth-order valence-corrected chi connectivity index (χ4v) is 2.27. The van der Waals surface area contributed by atoms with Gasteiger partial charge >= 0.3 is 0 Å². The van der Waals surface area contributed by atoms with Gasteiger partial charge in [-0.2, -0.15) is 0 Å². The highest BCUT2D eigenvalue weighted by molar-refractivity contribution is 6.03. The largest absolute Gasteiger partial charge is 0.289 e. The molecule has 0 unspecified atom stereocenters. The second-order valence-corrected chi connectivity index (χ2v) is 5.51. The van der Waals surface area contributed by atoms with E-state index in [1.807, 2.05) is 31.2 Å². The van der Waals surface area contributed by atoms with Crippen molar-refractivity contribution >= 4 is 11.9 Å². The Balaban J connectivity index is 1.68. The van der Waals surface area contributed by atoms with Crippen LogP contribution in [0.25, 0.3) is 0 Å². The van der Waals surface area contributed by atoms with Gasteiger partial charge in [-0.05, 0) is 37.1 Å². The summed E-state index contributed by atoms with van der Waals surface area (Å²) in [5, 5.41) is 7.02. The topological polar surface area (TPSA) is 59.8 Å². The van der Waals surface area contributed by atoms with Gasteiger partial charge in [0.1, 0.15) is 6.33 Å². The molecule has 0 aliphatic carbocycles. The van der Waals surface area contributed by atoms with Crippen molar-refractivity contribution in [2.24, 2.45) is 0 Å². The molecule has 0 bridgehead atoms. The minimum absolute atomic E-state index is 0.210. The van der Waals surface area contributed by atoms with Crippen LogP contribution < -0.4 is 5.32 Å². The Morgan fingerprint density at radius 3 is 2.57 bits per heavy atom. The highest BCUT2D eigenvalue weighted by atomic mass is 16.1. The van der Waals surface area contributed by atoms with Crippen molar-refractivity contribution < 1.29 is 4.79 Å². The van der Waals surface area contributed by atoms with E-state index in [4.69, 9.17) is 0 Å². The number of carbonyl (C=O) groups is 1. The van der Waals surface area contributed by atoms with Crippen LogP contribution in [0.5, 0.6) is 0 Å².